The van der Waals surface area contributed by atoms with Crippen molar-refractivity contribution in [3.8, 4) is 0 Å². The first-order chi connectivity index (χ1) is 11.1. The first kappa shape index (κ1) is 16.5. The molecule has 3 aliphatic rings. The summed E-state index contributed by atoms with van der Waals surface area (Å²) in [5.41, 5.74) is 0. The maximum absolute atomic E-state index is 12.7. The van der Waals surface area contributed by atoms with E-state index in [0.29, 0.717) is 6.54 Å². The maximum Gasteiger partial charge on any atom is 0.242 e. The monoisotopic (exact) mass is 320 g/mol. The number of likely N-dealkylation sites (N-methyl/N-ethyl adjacent to an activating group) is 1. The van der Waals surface area contributed by atoms with E-state index < -0.39 is 0 Å². The van der Waals surface area contributed by atoms with Crippen molar-refractivity contribution in [1.82, 2.24) is 9.80 Å². The number of fused-ring (bicyclic) bond motifs is 1. The molecule has 3 fully saturated rings. The van der Waals surface area contributed by atoms with E-state index in [1.54, 1.807) is 0 Å². The first-order valence-electron chi connectivity index (χ1n) is 9.28. The predicted molar refractivity (Wildman–Crippen MR) is 86.4 cm³/mol. The molecule has 5 nitrogen and oxygen atoms in total. The Hall–Kier alpha value is -1.39. The zero-order valence-corrected chi connectivity index (χ0v) is 14.1. The number of rotatable bonds is 4. The Kier molecular flexibility index (Phi) is 5.02. The molecule has 2 unspecified atom stereocenters. The van der Waals surface area contributed by atoms with Crippen molar-refractivity contribution < 1.29 is 14.4 Å². The van der Waals surface area contributed by atoms with Gasteiger partial charge in [-0.25, -0.2) is 0 Å². The molecule has 0 aromatic heterocycles. The number of hydrogen-bond donors (Lipinski definition) is 0. The third-order valence-electron chi connectivity index (χ3n) is 5.90. The van der Waals surface area contributed by atoms with Gasteiger partial charge in [-0.1, -0.05) is 32.1 Å². The highest BCUT2D eigenvalue weighted by Crippen LogP contribution is 2.38. The van der Waals surface area contributed by atoms with Gasteiger partial charge in [-0.2, -0.15) is 0 Å². The van der Waals surface area contributed by atoms with Crippen LogP contribution in [0.15, 0.2) is 0 Å². The van der Waals surface area contributed by atoms with E-state index in [-0.39, 0.29) is 42.1 Å². The van der Waals surface area contributed by atoms with E-state index >= 15 is 0 Å². The van der Waals surface area contributed by atoms with E-state index in [0.717, 1.165) is 38.5 Å². The van der Waals surface area contributed by atoms with Gasteiger partial charge < -0.3 is 4.90 Å². The largest absolute Gasteiger partial charge is 0.338 e. The Morgan fingerprint density at radius 1 is 0.957 bits per heavy atom. The van der Waals surface area contributed by atoms with Crippen LogP contribution in [0.5, 0.6) is 0 Å². The van der Waals surface area contributed by atoms with Crippen molar-refractivity contribution in [2.24, 2.45) is 11.8 Å². The highest BCUT2D eigenvalue weighted by atomic mass is 16.2. The average Bonchev–Trinajstić information content (AvgIpc) is 2.82. The van der Waals surface area contributed by atoms with E-state index in [4.69, 9.17) is 0 Å². The van der Waals surface area contributed by atoms with Crippen molar-refractivity contribution in [3.05, 3.63) is 0 Å². The summed E-state index contributed by atoms with van der Waals surface area (Å²) in [5, 5.41) is 0. The van der Waals surface area contributed by atoms with Crippen LogP contribution in [-0.2, 0) is 14.4 Å². The third kappa shape index (κ3) is 3.15. The Bertz CT molecular complexity index is 461. The minimum Gasteiger partial charge on any atom is -0.338 e. The summed E-state index contributed by atoms with van der Waals surface area (Å²) in [5.74, 6) is -0.581. The second-order valence-electron chi connectivity index (χ2n) is 7.23. The summed E-state index contributed by atoms with van der Waals surface area (Å²) in [6.07, 6.45) is 9.32. The number of hydrogen-bond acceptors (Lipinski definition) is 3. The summed E-state index contributed by atoms with van der Waals surface area (Å²) in [7, 11) is 0. The summed E-state index contributed by atoms with van der Waals surface area (Å²) in [6, 6.07) is 0.288. The zero-order chi connectivity index (χ0) is 16.4. The van der Waals surface area contributed by atoms with Gasteiger partial charge in [0.25, 0.3) is 0 Å². The molecule has 128 valence electrons. The average molecular weight is 320 g/mol. The molecule has 0 spiro atoms. The summed E-state index contributed by atoms with van der Waals surface area (Å²) in [6.45, 7) is 2.60. The standard InChI is InChI=1S/C18H28N2O3/c1-2-19(13-8-4-3-5-9-13)16(21)12-20-17(22)14-10-6-7-11-15(14)18(20)23/h13-15H,2-12H2,1H3. The molecule has 0 aromatic rings. The molecule has 0 radical (unpaired) electrons. The Labute approximate surface area is 138 Å². The van der Waals surface area contributed by atoms with Crippen LogP contribution >= 0.6 is 0 Å². The van der Waals surface area contributed by atoms with Crippen LogP contribution in [0.4, 0.5) is 0 Å². The maximum atomic E-state index is 12.7. The zero-order valence-electron chi connectivity index (χ0n) is 14.1. The second-order valence-corrected chi connectivity index (χ2v) is 7.23. The Morgan fingerprint density at radius 3 is 2.00 bits per heavy atom. The fourth-order valence-corrected chi connectivity index (χ4v) is 4.64. The van der Waals surface area contributed by atoms with Gasteiger partial charge in [-0.3, -0.25) is 19.3 Å². The van der Waals surface area contributed by atoms with E-state index in [9.17, 15) is 14.4 Å². The molecule has 0 N–H and O–H groups in total. The van der Waals surface area contributed by atoms with Gasteiger partial charge in [0.2, 0.25) is 17.7 Å². The normalized spacial score (nSPS) is 28.8. The number of nitrogens with zero attached hydrogens (tertiary/aromatic N) is 2. The lowest BCUT2D eigenvalue weighted by molar-refractivity contribution is -0.147. The molecule has 1 saturated heterocycles. The minimum absolute atomic E-state index is 0.0466. The van der Waals surface area contributed by atoms with Crippen molar-refractivity contribution in [3.63, 3.8) is 0 Å². The Morgan fingerprint density at radius 2 is 1.48 bits per heavy atom. The molecule has 2 aliphatic carbocycles. The molecule has 2 saturated carbocycles. The molecule has 3 rings (SSSR count). The fourth-order valence-electron chi connectivity index (χ4n) is 4.64. The molecule has 0 aromatic carbocycles. The number of carbonyl (C=O) groups is 3. The van der Waals surface area contributed by atoms with Crippen molar-refractivity contribution in [2.45, 2.75) is 70.8 Å². The fraction of sp³-hybridized carbons (Fsp3) is 0.833. The topological polar surface area (TPSA) is 57.7 Å². The second kappa shape index (κ2) is 7.02. The molecular weight excluding hydrogens is 292 g/mol. The summed E-state index contributed by atoms with van der Waals surface area (Å²) >= 11 is 0. The van der Waals surface area contributed by atoms with Gasteiger partial charge in [0.15, 0.2) is 0 Å². The smallest absolute Gasteiger partial charge is 0.242 e. The predicted octanol–water partition coefficient (Wildman–Crippen LogP) is 2.34. The van der Waals surface area contributed by atoms with Crippen LogP contribution in [0.3, 0.4) is 0 Å². The van der Waals surface area contributed by atoms with Gasteiger partial charge >= 0.3 is 0 Å². The van der Waals surface area contributed by atoms with Gasteiger partial charge in [-0.15, -0.1) is 0 Å². The van der Waals surface area contributed by atoms with Crippen LogP contribution in [0.1, 0.15) is 64.7 Å². The third-order valence-corrected chi connectivity index (χ3v) is 5.90. The van der Waals surface area contributed by atoms with Crippen molar-refractivity contribution >= 4 is 17.7 Å². The molecular formula is C18H28N2O3. The van der Waals surface area contributed by atoms with Crippen LogP contribution < -0.4 is 0 Å². The number of carbonyl (C=O) groups excluding carboxylic acids is 3. The minimum atomic E-state index is -0.159. The molecule has 3 amide bonds. The highest BCUT2D eigenvalue weighted by molar-refractivity contribution is 6.07. The number of likely N-dealkylation sites (tertiary alicyclic amines) is 1. The van der Waals surface area contributed by atoms with Gasteiger partial charge in [-0.05, 0) is 32.6 Å². The van der Waals surface area contributed by atoms with Crippen molar-refractivity contribution in [2.75, 3.05) is 13.1 Å². The SMILES string of the molecule is CCN(C(=O)CN1C(=O)C2CCCCC2C1=O)C1CCCCC1. The van der Waals surface area contributed by atoms with E-state index in [2.05, 4.69) is 0 Å². The van der Waals surface area contributed by atoms with E-state index in [1.807, 2.05) is 11.8 Å². The van der Waals surface area contributed by atoms with Gasteiger partial charge in [0.1, 0.15) is 6.54 Å². The lowest BCUT2D eigenvalue weighted by atomic mass is 9.81. The van der Waals surface area contributed by atoms with Crippen molar-refractivity contribution in [1.29, 1.82) is 0 Å². The molecule has 5 heteroatoms. The lowest BCUT2D eigenvalue weighted by Gasteiger charge is -2.34. The molecule has 23 heavy (non-hydrogen) atoms. The quantitative estimate of drug-likeness (QED) is 0.747. The number of amides is 3. The van der Waals surface area contributed by atoms with Crippen LogP contribution in [0.2, 0.25) is 0 Å². The molecule has 2 atom stereocenters. The van der Waals surface area contributed by atoms with Crippen LogP contribution in [0, 0.1) is 11.8 Å². The Balaban J connectivity index is 1.66. The van der Waals surface area contributed by atoms with Crippen LogP contribution in [-0.4, -0.2) is 46.7 Å². The lowest BCUT2D eigenvalue weighted by Crippen LogP contribution is -2.47. The number of imide groups is 1. The van der Waals surface area contributed by atoms with E-state index in [1.165, 1.54) is 24.2 Å². The molecule has 0 bridgehead atoms. The van der Waals surface area contributed by atoms with Crippen LogP contribution in [0.25, 0.3) is 0 Å². The molecule has 1 heterocycles. The summed E-state index contributed by atoms with van der Waals surface area (Å²) < 4.78 is 0. The highest BCUT2D eigenvalue weighted by Gasteiger charge is 2.48. The molecule has 1 aliphatic heterocycles. The van der Waals surface area contributed by atoms with Gasteiger partial charge in [0, 0.05) is 12.6 Å². The first-order valence-corrected chi connectivity index (χ1v) is 9.28. The van der Waals surface area contributed by atoms with Gasteiger partial charge in [0.05, 0.1) is 11.8 Å². The summed E-state index contributed by atoms with van der Waals surface area (Å²) in [4.78, 5) is 40.9.